The van der Waals surface area contributed by atoms with Crippen LogP contribution >= 0.6 is 11.3 Å². The Bertz CT molecular complexity index is 1030. The number of rotatable bonds is 9. The average Bonchev–Trinajstić information content (AvgIpc) is 3.27. The minimum Gasteiger partial charge on any atom is -0.493 e. The van der Waals surface area contributed by atoms with E-state index in [9.17, 15) is 9.59 Å². The molecule has 3 aromatic rings. The number of anilines is 2. The highest BCUT2D eigenvalue weighted by molar-refractivity contribution is 7.13. The molecule has 0 spiro atoms. The van der Waals surface area contributed by atoms with Gasteiger partial charge in [0, 0.05) is 36.3 Å². The summed E-state index contributed by atoms with van der Waals surface area (Å²) in [7, 11) is 4.52. The van der Waals surface area contributed by atoms with E-state index in [2.05, 4.69) is 20.8 Å². The third-order valence-electron chi connectivity index (χ3n) is 4.21. The van der Waals surface area contributed by atoms with E-state index in [0.29, 0.717) is 40.1 Å². The van der Waals surface area contributed by atoms with Crippen LogP contribution in [-0.4, -0.2) is 43.3 Å². The third-order valence-corrected chi connectivity index (χ3v) is 5.19. The summed E-state index contributed by atoms with van der Waals surface area (Å²) in [4.78, 5) is 24.6. The first-order valence-corrected chi connectivity index (χ1v) is 10.1. The zero-order valence-electron chi connectivity index (χ0n) is 17.3. The zero-order valence-corrected chi connectivity index (χ0v) is 18.1. The molecule has 0 bridgehead atoms. The number of carbonyl (C=O) groups excluding carboxylic acids is 2. The highest BCUT2D eigenvalue weighted by atomic mass is 32.1. The Morgan fingerprint density at radius 3 is 2.19 bits per heavy atom. The molecule has 2 N–H and O–H groups in total. The molecule has 2 amide bonds. The topological polar surface area (TPSA) is 112 Å². The Morgan fingerprint density at radius 2 is 1.58 bits per heavy atom. The first-order chi connectivity index (χ1) is 15.0. The number of para-hydroxylation sites is 1. The number of benzene rings is 2. The molecule has 9 nitrogen and oxygen atoms in total. The molecule has 0 atom stereocenters. The maximum absolute atomic E-state index is 12.4. The Balaban J connectivity index is 1.57. The number of hydrogen-bond acceptors (Lipinski definition) is 8. The summed E-state index contributed by atoms with van der Waals surface area (Å²) in [6, 6.07) is 12.4. The summed E-state index contributed by atoms with van der Waals surface area (Å²) in [5.74, 6) is 0.764. The predicted molar refractivity (Wildman–Crippen MR) is 117 cm³/mol. The standard InChI is InChI=1S/C21H22N4O5S/c1-28-15-11-14(12-16(29-2)19(15)30-3)22-17(26)9-10-18-24-25-21(31-18)20(27)23-13-7-5-4-6-8-13/h4-8,11-12H,9-10H2,1-3H3,(H,22,26)(H,23,27). The summed E-state index contributed by atoms with van der Waals surface area (Å²) >= 11 is 1.15. The largest absolute Gasteiger partial charge is 0.493 e. The highest BCUT2D eigenvalue weighted by Crippen LogP contribution is 2.39. The molecule has 2 aromatic carbocycles. The Hall–Kier alpha value is -3.66. The predicted octanol–water partition coefficient (Wildman–Crippen LogP) is 3.39. The molecule has 10 heteroatoms. The van der Waals surface area contributed by atoms with Gasteiger partial charge >= 0.3 is 0 Å². The number of aromatic nitrogens is 2. The number of methoxy groups -OCH3 is 3. The van der Waals surface area contributed by atoms with E-state index in [1.807, 2.05) is 18.2 Å². The molecule has 0 aliphatic rings. The van der Waals surface area contributed by atoms with Crippen molar-refractivity contribution < 1.29 is 23.8 Å². The van der Waals surface area contributed by atoms with Crippen LogP contribution in [0.4, 0.5) is 11.4 Å². The molecular weight excluding hydrogens is 420 g/mol. The van der Waals surface area contributed by atoms with Gasteiger partial charge in [0.25, 0.3) is 5.91 Å². The zero-order chi connectivity index (χ0) is 22.2. The molecule has 1 aromatic heterocycles. The fourth-order valence-corrected chi connectivity index (χ4v) is 3.48. The summed E-state index contributed by atoms with van der Waals surface area (Å²) < 4.78 is 15.8. The summed E-state index contributed by atoms with van der Waals surface area (Å²) in [6.45, 7) is 0. The maximum atomic E-state index is 12.4. The number of nitrogens with zero attached hydrogens (tertiary/aromatic N) is 2. The van der Waals surface area contributed by atoms with E-state index in [1.165, 1.54) is 21.3 Å². The Kier molecular flexibility index (Phi) is 7.39. The SMILES string of the molecule is COc1cc(NC(=O)CCc2nnc(C(=O)Nc3ccccc3)s2)cc(OC)c1OC. The van der Waals surface area contributed by atoms with Gasteiger partial charge in [0.1, 0.15) is 5.01 Å². The lowest BCUT2D eigenvalue weighted by Crippen LogP contribution is -2.12. The fourth-order valence-electron chi connectivity index (χ4n) is 2.75. The van der Waals surface area contributed by atoms with Crippen LogP contribution in [0.25, 0.3) is 0 Å². The summed E-state index contributed by atoms with van der Waals surface area (Å²) in [5, 5.41) is 14.3. The van der Waals surface area contributed by atoms with Crippen molar-refractivity contribution >= 4 is 34.5 Å². The fraction of sp³-hybridized carbons (Fsp3) is 0.238. The first kappa shape index (κ1) is 22.0. The molecule has 1 heterocycles. The van der Waals surface area contributed by atoms with Gasteiger partial charge in [0.2, 0.25) is 16.7 Å². The minimum atomic E-state index is -0.336. The average molecular weight is 442 g/mol. The van der Waals surface area contributed by atoms with Crippen molar-refractivity contribution in [3.8, 4) is 17.2 Å². The van der Waals surface area contributed by atoms with Gasteiger partial charge in [0.05, 0.1) is 21.3 Å². The second kappa shape index (κ2) is 10.4. The molecule has 0 fully saturated rings. The lowest BCUT2D eigenvalue weighted by molar-refractivity contribution is -0.116. The summed E-state index contributed by atoms with van der Waals surface area (Å²) in [6.07, 6.45) is 0.526. The number of nitrogens with one attached hydrogen (secondary N) is 2. The van der Waals surface area contributed by atoms with Gasteiger partial charge in [-0.25, -0.2) is 0 Å². The second-order valence-electron chi connectivity index (χ2n) is 6.28. The number of amides is 2. The van der Waals surface area contributed by atoms with Crippen molar-refractivity contribution in [3.63, 3.8) is 0 Å². The number of hydrogen-bond donors (Lipinski definition) is 2. The van der Waals surface area contributed by atoms with Crippen molar-refractivity contribution in [1.29, 1.82) is 0 Å². The molecule has 31 heavy (non-hydrogen) atoms. The number of carbonyl (C=O) groups is 2. The van der Waals surface area contributed by atoms with Crippen LogP contribution < -0.4 is 24.8 Å². The third kappa shape index (κ3) is 5.70. The minimum absolute atomic E-state index is 0.172. The van der Waals surface area contributed by atoms with Crippen LogP contribution in [0.1, 0.15) is 21.2 Å². The Morgan fingerprint density at radius 1 is 0.903 bits per heavy atom. The van der Waals surface area contributed by atoms with Gasteiger partial charge in [-0.15, -0.1) is 10.2 Å². The quantitative estimate of drug-likeness (QED) is 0.522. The molecule has 0 aliphatic carbocycles. The molecule has 0 radical (unpaired) electrons. The molecule has 3 rings (SSSR count). The van der Waals surface area contributed by atoms with Crippen LogP contribution in [0.2, 0.25) is 0 Å². The van der Waals surface area contributed by atoms with E-state index in [1.54, 1.807) is 24.3 Å². The number of ether oxygens (including phenoxy) is 3. The van der Waals surface area contributed by atoms with E-state index in [-0.39, 0.29) is 23.2 Å². The summed E-state index contributed by atoms with van der Waals surface area (Å²) in [5.41, 5.74) is 1.19. The molecule has 0 saturated carbocycles. The van der Waals surface area contributed by atoms with Crippen LogP contribution in [0, 0.1) is 0 Å². The highest BCUT2D eigenvalue weighted by Gasteiger charge is 2.16. The van der Waals surface area contributed by atoms with Gasteiger partial charge in [-0.1, -0.05) is 29.5 Å². The lowest BCUT2D eigenvalue weighted by Gasteiger charge is -2.14. The van der Waals surface area contributed by atoms with Crippen molar-refractivity contribution in [2.24, 2.45) is 0 Å². The number of aryl methyl sites for hydroxylation is 1. The van der Waals surface area contributed by atoms with Gasteiger partial charge < -0.3 is 24.8 Å². The monoisotopic (exact) mass is 442 g/mol. The van der Waals surface area contributed by atoms with Crippen molar-refractivity contribution in [2.75, 3.05) is 32.0 Å². The van der Waals surface area contributed by atoms with Crippen molar-refractivity contribution in [1.82, 2.24) is 10.2 Å². The molecule has 0 saturated heterocycles. The Labute approximate surface area is 183 Å². The van der Waals surface area contributed by atoms with Crippen LogP contribution in [0.15, 0.2) is 42.5 Å². The van der Waals surface area contributed by atoms with Crippen molar-refractivity contribution in [3.05, 3.63) is 52.5 Å². The van der Waals surface area contributed by atoms with E-state index >= 15 is 0 Å². The van der Waals surface area contributed by atoms with E-state index in [4.69, 9.17) is 14.2 Å². The van der Waals surface area contributed by atoms with Gasteiger partial charge in [-0.3, -0.25) is 9.59 Å². The maximum Gasteiger partial charge on any atom is 0.286 e. The van der Waals surface area contributed by atoms with Crippen LogP contribution in [0.3, 0.4) is 0 Å². The molecule has 162 valence electrons. The van der Waals surface area contributed by atoms with E-state index in [0.717, 1.165) is 11.3 Å². The lowest BCUT2D eigenvalue weighted by atomic mass is 10.2. The smallest absolute Gasteiger partial charge is 0.286 e. The van der Waals surface area contributed by atoms with Gasteiger partial charge in [-0.05, 0) is 12.1 Å². The molecular formula is C21H22N4O5S. The van der Waals surface area contributed by atoms with Gasteiger partial charge in [0.15, 0.2) is 11.5 Å². The molecule has 0 unspecified atom stereocenters. The van der Waals surface area contributed by atoms with Crippen molar-refractivity contribution in [2.45, 2.75) is 12.8 Å². The first-order valence-electron chi connectivity index (χ1n) is 9.32. The van der Waals surface area contributed by atoms with Crippen LogP contribution in [-0.2, 0) is 11.2 Å². The molecule has 0 aliphatic heterocycles. The van der Waals surface area contributed by atoms with E-state index < -0.39 is 0 Å². The second-order valence-corrected chi connectivity index (χ2v) is 7.35. The normalized spacial score (nSPS) is 10.3. The van der Waals surface area contributed by atoms with Crippen LogP contribution in [0.5, 0.6) is 17.2 Å². The van der Waals surface area contributed by atoms with Gasteiger partial charge in [-0.2, -0.15) is 0 Å².